The molecule has 1 heterocycles. The maximum atomic E-state index is 13.1. The van der Waals surface area contributed by atoms with E-state index < -0.39 is 11.5 Å². The van der Waals surface area contributed by atoms with Crippen LogP contribution < -0.4 is 10.5 Å². The van der Waals surface area contributed by atoms with Crippen molar-refractivity contribution in [2.24, 2.45) is 7.05 Å². The fourth-order valence-corrected chi connectivity index (χ4v) is 3.28. The molecule has 1 N–H and O–H groups in total. The Labute approximate surface area is 156 Å². The second-order valence-corrected chi connectivity index (χ2v) is 6.51. The number of pyridine rings is 1. The zero-order valence-electron chi connectivity index (χ0n) is 14.8. The molecule has 6 heteroatoms. The molecule has 3 aromatic rings. The van der Waals surface area contributed by atoms with E-state index in [2.05, 4.69) is 0 Å². The molecule has 0 aliphatic rings. The van der Waals surface area contributed by atoms with E-state index in [9.17, 15) is 14.7 Å². The van der Waals surface area contributed by atoms with Gasteiger partial charge in [0.1, 0.15) is 11.3 Å². The summed E-state index contributed by atoms with van der Waals surface area (Å²) in [7, 11) is 1.55. The zero-order chi connectivity index (χ0) is 19.0. The van der Waals surface area contributed by atoms with E-state index in [1.165, 1.54) is 9.47 Å². The molecular weight excluding hydrogens is 352 g/mol. The molecule has 0 bridgehead atoms. The number of aromatic nitrogens is 1. The minimum absolute atomic E-state index is 0.281. The summed E-state index contributed by atoms with van der Waals surface area (Å²) in [4.78, 5) is 27.4. The van der Waals surface area contributed by atoms with Gasteiger partial charge in [0.05, 0.1) is 15.9 Å². The number of hydrogen-bond acceptors (Lipinski definition) is 3. The molecule has 0 aliphatic carbocycles. The Kier molecular flexibility index (Phi) is 4.74. The number of anilines is 1. The van der Waals surface area contributed by atoms with Gasteiger partial charge in [-0.15, -0.1) is 0 Å². The zero-order valence-corrected chi connectivity index (χ0v) is 15.5. The second-order valence-electron chi connectivity index (χ2n) is 6.11. The highest BCUT2D eigenvalue weighted by atomic mass is 35.5. The maximum absolute atomic E-state index is 13.1. The quantitative estimate of drug-likeness (QED) is 0.761. The van der Waals surface area contributed by atoms with E-state index in [-0.39, 0.29) is 16.3 Å². The fraction of sp³-hybridized carbons (Fsp3) is 0.200. The molecule has 134 valence electrons. The molecule has 0 atom stereocenters. The van der Waals surface area contributed by atoms with E-state index in [1.54, 1.807) is 25.2 Å². The smallest absolute Gasteiger partial charge is 0.267 e. The second kappa shape index (κ2) is 6.84. The number of fused-ring (bicyclic) bond motifs is 1. The predicted octanol–water partition coefficient (Wildman–Crippen LogP) is 3.87. The van der Waals surface area contributed by atoms with Crippen molar-refractivity contribution in [1.29, 1.82) is 0 Å². The first-order valence-corrected chi connectivity index (χ1v) is 8.63. The Balaban J connectivity index is 2.24. The van der Waals surface area contributed by atoms with Gasteiger partial charge in [-0.05, 0) is 38.1 Å². The predicted molar refractivity (Wildman–Crippen MR) is 104 cm³/mol. The Bertz CT molecular complexity index is 1060. The number of nitrogens with zero attached hydrogens (tertiary/aromatic N) is 2. The van der Waals surface area contributed by atoms with Crippen LogP contribution in [0.2, 0.25) is 5.02 Å². The highest BCUT2D eigenvalue weighted by molar-refractivity contribution is 6.36. The lowest BCUT2D eigenvalue weighted by atomic mass is 10.1. The lowest BCUT2D eigenvalue weighted by Crippen LogP contribution is -2.36. The van der Waals surface area contributed by atoms with Crippen molar-refractivity contribution in [2.45, 2.75) is 13.8 Å². The first-order valence-electron chi connectivity index (χ1n) is 8.25. The van der Waals surface area contributed by atoms with Crippen molar-refractivity contribution in [2.75, 3.05) is 11.4 Å². The molecule has 0 aliphatic heterocycles. The Morgan fingerprint density at radius 2 is 1.85 bits per heavy atom. The lowest BCUT2D eigenvalue weighted by molar-refractivity contribution is 0.0984. The molecule has 0 radical (unpaired) electrons. The Morgan fingerprint density at radius 1 is 1.19 bits per heavy atom. The van der Waals surface area contributed by atoms with E-state index in [1.807, 2.05) is 38.1 Å². The number of benzene rings is 2. The average Bonchev–Trinajstić information content (AvgIpc) is 2.62. The SMILES string of the molecule is CCN(C(=O)c1c(O)c2c(Cl)cccc2n(C)c1=O)c1ccc(C)cc1. The van der Waals surface area contributed by atoms with Gasteiger partial charge in [-0.25, -0.2) is 0 Å². The minimum Gasteiger partial charge on any atom is -0.506 e. The highest BCUT2D eigenvalue weighted by Crippen LogP contribution is 2.33. The number of aromatic hydroxyl groups is 1. The van der Waals surface area contributed by atoms with E-state index in [4.69, 9.17) is 11.6 Å². The number of carbonyl (C=O) groups is 1. The van der Waals surface area contributed by atoms with Gasteiger partial charge in [0.15, 0.2) is 0 Å². The van der Waals surface area contributed by atoms with Crippen molar-refractivity contribution in [3.63, 3.8) is 0 Å². The Morgan fingerprint density at radius 3 is 2.46 bits per heavy atom. The summed E-state index contributed by atoms with van der Waals surface area (Å²) in [6.07, 6.45) is 0. The fourth-order valence-electron chi connectivity index (χ4n) is 3.03. The van der Waals surface area contributed by atoms with E-state index >= 15 is 0 Å². The van der Waals surface area contributed by atoms with Crippen LogP contribution in [0.25, 0.3) is 10.9 Å². The van der Waals surface area contributed by atoms with Crippen LogP contribution in [-0.2, 0) is 7.05 Å². The minimum atomic E-state index is -0.562. The number of aryl methyl sites for hydroxylation is 2. The first-order chi connectivity index (χ1) is 12.4. The van der Waals surface area contributed by atoms with Crippen molar-refractivity contribution in [3.05, 3.63) is 69.0 Å². The molecule has 0 saturated carbocycles. The molecule has 1 amide bonds. The van der Waals surface area contributed by atoms with Crippen LogP contribution in [0.3, 0.4) is 0 Å². The number of hydrogen-bond donors (Lipinski definition) is 1. The largest absolute Gasteiger partial charge is 0.506 e. The summed E-state index contributed by atoms with van der Waals surface area (Å²) >= 11 is 6.21. The molecule has 0 unspecified atom stereocenters. The average molecular weight is 371 g/mol. The molecule has 3 rings (SSSR count). The van der Waals surface area contributed by atoms with Crippen LogP contribution in [0.1, 0.15) is 22.8 Å². The first kappa shape index (κ1) is 18.0. The van der Waals surface area contributed by atoms with Gasteiger partial charge in [-0.1, -0.05) is 35.4 Å². The van der Waals surface area contributed by atoms with Gasteiger partial charge in [-0.2, -0.15) is 0 Å². The summed E-state index contributed by atoms with van der Waals surface area (Å²) in [6.45, 7) is 4.12. The monoisotopic (exact) mass is 370 g/mol. The van der Waals surface area contributed by atoms with Crippen molar-refractivity contribution < 1.29 is 9.90 Å². The molecule has 0 saturated heterocycles. The summed E-state index contributed by atoms with van der Waals surface area (Å²) in [5, 5.41) is 11.3. The number of amides is 1. The third-order valence-electron chi connectivity index (χ3n) is 4.47. The van der Waals surface area contributed by atoms with Gasteiger partial charge in [0.25, 0.3) is 11.5 Å². The van der Waals surface area contributed by atoms with Gasteiger partial charge < -0.3 is 14.6 Å². The van der Waals surface area contributed by atoms with Crippen LogP contribution in [0.4, 0.5) is 5.69 Å². The molecule has 26 heavy (non-hydrogen) atoms. The summed E-state index contributed by atoms with van der Waals surface area (Å²) in [5.74, 6) is -0.944. The molecule has 0 fully saturated rings. The van der Waals surface area contributed by atoms with Crippen LogP contribution in [0.5, 0.6) is 5.75 Å². The van der Waals surface area contributed by atoms with Crippen LogP contribution in [0, 0.1) is 6.92 Å². The molecule has 5 nitrogen and oxygen atoms in total. The van der Waals surface area contributed by atoms with Gasteiger partial charge >= 0.3 is 0 Å². The number of rotatable bonds is 3. The van der Waals surface area contributed by atoms with Gasteiger partial charge in [-0.3, -0.25) is 9.59 Å². The van der Waals surface area contributed by atoms with Gasteiger partial charge in [0, 0.05) is 19.3 Å². The molecular formula is C20H19ClN2O3. The van der Waals surface area contributed by atoms with E-state index in [0.717, 1.165) is 5.56 Å². The lowest BCUT2D eigenvalue weighted by Gasteiger charge is -2.22. The van der Waals surface area contributed by atoms with Gasteiger partial charge in [0.2, 0.25) is 0 Å². The summed E-state index contributed by atoms with van der Waals surface area (Å²) in [5.41, 5.74) is 1.34. The van der Waals surface area contributed by atoms with Crippen LogP contribution in [-0.4, -0.2) is 22.1 Å². The molecule has 0 spiro atoms. The number of halogens is 1. The van der Waals surface area contributed by atoms with Crippen molar-refractivity contribution in [3.8, 4) is 5.75 Å². The standard InChI is InChI=1S/C20H19ClN2O3/c1-4-23(13-10-8-12(2)9-11-13)20(26)17-18(24)16-14(21)6-5-7-15(16)22(3)19(17)25/h5-11,24H,4H2,1-3H3. The third kappa shape index (κ3) is 2.84. The van der Waals surface area contributed by atoms with Crippen LogP contribution in [0.15, 0.2) is 47.3 Å². The van der Waals surface area contributed by atoms with E-state index in [0.29, 0.717) is 23.1 Å². The summed E-state index contributed by atoms with van der Waals surface area (Å²) in [6, 6.07) is 12.4. The third-order valence-corrected chi connectivity index (χ3v) is 4.78. The number of carbonyl (C=O) groups excluding carboxylic acids is 1. The van der Waals surface area contributed by atoms with Crippen LogP contribution >= 0.6 is 11.6 Å². The summed E-state index contributed by atoms with van der Waals surface area (Å²) < 4.78 is 1.33. The van der Waals surface area contributed by atoms with Crippen molar-refractivity contribution >= 4 is 34.1 Å². The normalized spacial score (nSPS) is 10.9. The molecule has 1 aromatic heterocycles. The van der Waals surface area contributed by atoms with Crippen molar-refractivity contribution in [1.82, 2.24) is 4.57 Å². The Hall–Kier alpha value is -2.79. The molecule has 2 aromatic carbocycles. The maximum Gasteiger partial charge on any atom is 0.267 e. The topological polar surface area (TPSA) is 62.5 Å². The highest BCUT2D eigenvalue weighted by Gasteiger charge is 2.26.